The molecule has 0 saturated carbocycles. The third kappa shape index (κ3) is 3.43. The summed E-state index contributed by atoms with van der Waals surface area (Å²) in [4.78, 5) is 29.3. The number of rotatable bonds is 2. The summed E-state index contributed by atoms with van der Waals surface area (Å²) in [5, 5.41) is 0. The van der Waals surface area contributed by atoms with Crippen molar-refractivity contribution in [3.63, 3.8) is 0 Å². The van der Waals surface area contributed by atoms with E-state index in [-0.39, 0.29) is 11.7 Å². The Labute approximate surface area is 182 Å². The van der Waals surface area contributed by atoms with Crippen LogP contribution in [-0.4, -0.2) is 42.8 Å². The average molecular weight is 436 g/mol. The van der Waals surface area contributed by atoms with Gasteiger partial charge in [0, 0.05) is 48.6 Å². The van der Waals surface area contributed by atoms with Gasteiger partial charge in [0.15, 0.2) is 5.78 Å². The van der Waals surface area contributed by atoms with E-state index in [1.807, 2.05) is 29.2 Å². The maximum absolute atomic E-state index is 13.1. The molecule has 1 saturated heterocycles. The van der Waals surface area contributed by atoms with Gasteiger partial charge in [0.05, 0.1) is 5.56 Å². The molecule has 0 aromatic heterocycles. The van der Waals surface area contributed by atoms with Gasteiger partial charge in [-0.3, -0.25) is 9.59 Å². The topological polar surface area (TPSA) is 40.6 Å². The molecule has 0 N–H and O–H groups in total. The van der Waals surface area contributed by atoms with Gasteiger partial charge in [0.2, 0.25) is 0 Å². The minimum absolute atomic E-state index is 0.0837. The van der Waals surface area contributed by atoms with Crippen LogP contribution in [0.15, 0.2) is 66.7 Å². The Hall–Kier alpha value is -3.61. The number of carbonyl (C=O) groups is 2. The molecule has 4 nitrogen and oxygen atoms in total. The number of anilines is 1. The Kier molecular flexibility index (Phi) is 4.77. The van der Waals surface area contributed by atoms with Crippen molar-refractivity contribution in [2.45, 2.75) is 6.18 Å². The van der Waals surface area contributed by atoms with E-state index < -0.39 is 11.7 Å². The van der Waals surface area contributed by atoms with Gasteiger partial charge in [-0.15, -0.1) is 0 Å². The zero-order valence-corrected chi connectivity index (χ0v) is 17.0. The molecule has 2 aliphatic rings. The fourth-order valence-electron chi connectivity index (χ4n) is 4.39. The standard InChI is InChI=1S/C25H19F3N2O2/c26-25(27,28)17-4-3-5-18(15-17)29-10-12-30(13-11-29)24(32)16-8-9-20-19-6-1-2-7-21(19)23(31)22(20)14-16/h1-9,14-15H,10-13H2. The Balaban J connectivity index is 1.30. The lowest BCUT2D eigenvalue weighted by molar-refractivity contribution is -0.137. The van der Waals surface area contributed by atoms with Gasteiger partial charge in [0.1, 0.15) is 0 Å². The van der Waals surface area contributed by atoms with E-state index in [4.69, 9.17) is 0 Å². The quantitative estimate of drug-likeness (QED) is 0.450. The van der Waals surface area contributed by atoms with E-state index in [9.17, 15) is 22.8 Å². The first-order valence-electron chi connectivity index (χ1n) is 10.3. The molecule has 0 atom stereocenters. The molecule has 1 amide bonds. The van der Waals surface area contributed by atoms with Crippen LogP contribution in [0.5, 0.6) is 0 Å². The predicted octanol–water partition coefficient (Wildman–Crippen LogP) is 4.88. The van der Waals surface area contributed by atoms with Gasteiger partial charge in [-0.2, -0.15) is 13.2 Å². The Morgan fingerprint density at radius 2 is 1.44 bits per heavy atom. The monoisotopic (exact) mass is 436 g/mol. The summed E-state index contributed by atoms with van der Waals surface area (Å²) in [7, 11) is 0. The molecule has 1 aliphatic carbocycles. The third-order valence-corrected chi connectivity index (χ3v) is 6.08. The molecule has 1 heterocycles. The highest BCUT2D eigenvalue weighted by Crippen LogP contribution is 2.37. The highest BCUT2D eigenvalue weighted by atomic mass is 19.4. The minimum Gasteiger partial charge on any atom is -0.368 e. The Morgan fingerprint density at radius 3 is 2.16 bits per heavy atom. The first-order chi connectivity index (χ1) is 15.3. The van der Waals surface area contributed by atoms with Gasteiger partial charge < -0.3 is 9.80 Å². The largest absolute Gasteiger partial charge is 0.416 e. The summed E-state index contributed by atoms with van der Waals surface area (Å²) in [6.07, 6.45) is -4.39. The highest BCUT2D eigenvalue weighted by molar-refractivity contribution is 6.22. The maximum atomic E-state index is 13.1. The second-order valence-corrected chi connectivity index (χ2v) is 7.96. The van der Waals surface area contributed by atoms with Crippen molar-refractivity contribution in [1.82, 2.24) is 4.90 Å². The van der Waals surface area contributed by atoms with Crippen molar-refractivity contribution in [1.29, 1.82) is 0 Å². The van der Waals surface area contributed by atoms with Crippen molar-refractivity contribution in [3.8, 4) is 11.1 Å². The molecule has 1 fully saturated rings. The van der Waals surface area contributed by atoms with E-state index >= 15 is 0 Å². The third-order valence-electron chi connectivity index (χ3n) is 6.08. The van der Waals surface area contributed by atoms with E-state index in [0.717, 1.165) is 23.3 Å². The lowest BCUT2D eigenvalue weighted by Gasteiger charge is -2.36. The molecule has 5 rings (SSSR count). The summed E-state index contributed by atoms with van der Waals surface area (Å²) < 4.78 is 39.0. The molecule has 1 aliphatic heterocycles. The first-order valence-corrected chi connectivity index (χ1v) is 10.3. The summed E-state index contributed by atoms with van der Waals surface area (Å²) >= 11 is 0. The van der Waals surface area contributed by atoms with Crippen LogP contribution in [0.4, 0.5) is 18.9 Å². The van der Waals surface area contributed by atoms with Gasteiger partial charge in [-0.25, -0.2) is 0 Å². The Morgan fingerprint density at radius 1 is 0.750 bits per heavy atom. The number of nitrogens with zero attached hydrogens (tertiary/aromatic N) is 2. The van der Waals surface area contributed by atoms with Crippen LogP contribution in [0.3, 0.4) is 0 Å². The van der Waals surface area contributed by atoms with E-state index in [2.05, 4.69) is 0 Å². The van der Waals surface area contributed by atoms with E-state index in [1.165, 1.54) is 6.07 Å². The van der Waals surface area contributed by atoms with E-state index in [1.54, 1.807) is 29.2 Å². The molecule has 0 unspecified atom stereocenters. The second kappa shape index (κ2) is 7.51. The fraction of sp³-hybridized carbons (Fsp3) is 0.200. The van der Waals surface area contributed by atoms with Crippen molar-refractivity contribution < 1.29 is 22.8 Å². The average Bonchev–Trinajstić information content (AvgIpc) is 3.10. The molecule has 32 heavy (non-hydrogen) atoms. The summed E-state index contributed by atoms with van der Waals surface area (Å²) in [6, 6.07) is 17.8. The molecular weight excluding hydrogens is 417 g/mol. The SMILES string of the molecule is O=C1c2ccccc2-c2ccc(C(=O)N3CCN(c4cccc(C(F)(F)F)c4)CC3)cc21. The molecule has 3 aromatic carbocycles. The first kappa shape index (κ1) is 20.3. The van der Waals surface area contributed by atoms with Crippen LogP contribution in [0.1, 0.15) is 31.8 Å². The number of halogens is 3. The zero-order valence-electron chi connectivity index (χ0n) is 17.0. The normalized spacial score (nSPS) is 15.5. The van der Waals surface area contributed by atoms with Gasteiger partial charge in [-0.05, 0) is 41.5 Å². The van der Waals surface area contributed by atoms with Crippen molar-refractivity contribution >= 4 is 17.4 Å². The van der Waals surface area contributed by atoms with Crippen LogP contribution in [0.2, 0.25) is 0 Å². The Bertz CT molecular complexity index is 1230. The molecule has 0 radical (unpaired) electrons. The highest BCUT2D eigenvalue weighted by Gasteiger charge is 2.32. The fourth-order valence-corrected chi connectivity index (χ4v) is 4.39. The van der Waals surface area contributed by atoms with Crippen molar-refractivity contribution in [2.75, 3.05) is 31.1 Å². The van der Waals surface area contributed by atoms with Gasteiger partial charge >= 0.3 is 6.18 Å². The molecule has 0 bridgehead atoms. The number of carbonyl (C=O) groups excluding carboxylic acids is 2. The number of amides is 1. The van der Waals surface area contributed by atoms with E-state index in [0.29, 0.717) is 48.6 Å². The number of benzene rings is 3. The summed E-state index contributed by atoms with van der Waals surface area (Å²) in [5.74, 6) is -0.264. The number of piperazine rings is 1. The zero-order chi connectivity index (χ0) is 22.5. The van der Waals surface area contributed by atoms with Gasteiger partial charge in [0.25, 0.3) is 5.91 Å². The molecule has 162 valence electrons. The van der Waals surface area contributed by atoms with Crippen molar-refractivity contribution in [3.05, 3.63) is 89.0 Å². The number of fused-ring (bicyclic) bond motifs is 3. The lowest BCUT2D eigenvalue weighted by Crippen LogP contribution is -2.48. The molecule has 0 spiro atoms. The number of alkyl halides is 3. The summed E-state index contributed by atoms with van der Waals surface area (Å²) in [6.45, 7) is 1.64. The lowest BCUT2D eigenvalue weighted by atomic mass is 10.0. The summed E-state index contributed by atoms with van der Waals surface area (Å²) in [5.41, 5.74) is 3.13. The molecule has 3 aromatic rings. The minimum atomic E-state index is -4.39. The van der Waals surface area contributed by atoms with Crippen LogP contribution in [0, 0.1) is 0 Å². The number of hydrogen-bond acceptors (Lipinski definition) is 3. The van der Waals surface area contributed by atoms with Gasteiger partial charge in [-0.1, -0.05) is 36.4 Å². The second-order valence-electron chi connectivity index (χ2n) is 7.96. The predicted molar refractivity (Wildman–Crippen MR) is 115 cm³/mol. The van der Waals surface area contributed by atoms with Crippen LogP contribution in [-0.2, 0) is 6.18 Å². The molecular formula is C25H19F3N2O2. The van der Waals surface area contributed by atoms with Crippen molar-refractivity contribution in [2.24, 2.45) is 0 Å². The van der Waals surface area contributed by atoms with Crippen LogP contribution < -0.4 is 4.90 Å². The van der Waals surface area contributed by atoms with Crippen LogP contribution in [0.25, 0.3) is 11.1 Å². The number of ketones is 1. The van der Waals surface area contributed by atoms with Crippen LogP contribution >= 0.6 is 0 Å². The maximum Gasteiger partial charge on any atom is 0.416 e. The smallest absolute Gasteiger partial charge is 0.368 e. The molecule has 7 heteroatoms. The number of hydrogen-bond donors (Lipinski definition) is 0.